The summed E-state index contributed by atoms with van der Waals surface area (Å²) >= 11 is 0. The molecule has 2 aliphatic heterocycles. The molecule has 1 aromatic rings. The van der Waals surface area contributed by atoms with Crippen LogP contribution in [0.15, 0.2) is 18.2 Å². The van der Waals surface area contributed by atoms with E-state index in [2.05, 4.69) is 6.07 Å². The van der Waals surface area contributed by atoms with Crippen LogP contribution < -0.4 is 9.47 Å². The lowest BCUT2D eigenvalue weighted by Gasteiger charge is -2.34. The Hall–Kier alpha value is -1.22. The molecule has 3 nitrogen and oxygen atoms in total. The average Bonchev–Trinajstić information content (AvgIpc) is 2.76. The second-order valence-corrected chi connectivity index (χ2v) is 4.44. The van der Waals surface area contributed by atoms with Crippen LogP contribution in [0.25, 0.3) is 0 Å². The average molecular weight is 220 g/mol. The second-order valence-electron chi connectivity index (χ2n) is 4.44. The van der Waals surface area contributed by atoms with Crippen molar-refractivity contribution in [2.75, 3.05) is 13.7 Å². The van der Waals surface area contributed by atoms with Gasteiger partial charge in [0, 0.05) is 18.9 Å². The predicted molar refractivity (Wildman–Crippen MR) is 59.9 cm³/mol. The summed E-state index contributed by atoms with van der Waals surface area (Å²) in [5.41, 5.74) is 1.25. The fourth-order valence-electron chi connectivity index (χ4n) is 2.49. The van der Waals surface area contributed by atoms with Crippen molar-refractivity contribution in [2.45, 2.75) is 31.5 Å². The number of fused-ring (bicyclic) bond motifs is 1. The first-order chi connectivity index (χ1) is 7.81. The molecule has 0 bridgehead atoms. The maximum Gasteiger partial charge on any atom is 0.210 e. The van der Waals surface area contributed by atoms with Crippen molar-refractivity contribution in [3.05, 3.63) is 23.8 Å². The van der Waals surface area contributed by atoms with Crippen LogP contribution in [0.2, 0.25) is 0 Å². The van der Waals surface area contributed by atoms with Crippen LogP contribution in [0.3, 0.4) is 0 Å². The smallest absolute Gasteiger partial charge is 0.210 e. The first kappa shape index (κ1) is 9.97. The van der Waals surface area contributed by atoms with Gasteiger partial charge in [-0.3, -0.25) is 0 Å². The third kappa shape index (κ3) is 1.55. The van der Waals surface area contributed by atoms with E-state index in [1.165, 1.54) is 5.56 Å². The number of hydrogen-bond donors (Lipinski definition) is 0. The lowest BCUT2D eigenvalue weighted by atomic mass is 9.98. The summed E-state index contributed by atoms with van der Waals surface area (Å²) in [5, 5.41) is 0. The summed E-state index contributed by atoms with van der Waals surface area (Å²) in [4.78, 5) is 0. The Kier molecular flexibility index (Phi) is 2.28. The van der Waals surface area contributed by atoms with Crippen LogP contribution in [-0.4, -0.2) is 19.5 Å². The number of hydrogen-bond acceptors (Lipinski definition) is 3. The van der Waals surface area contributed by atoms with Crippen molar-refractivity contribution in [1.82, 2.24) is 0 Å². The number of ether oxygens (including phenoxy) is 3. The number of methoxy groups -OCH3 is 1. The molecule has 1 aromatic carbocycles. The minimum absolute atomic E-state index is 0.348. The van der Waals surface area contributed by atoms with Crippen LogP contribution in [0.5, 0.6) is 11.5 Å². The fraction of sp³-hybridized carbons (Fsp3) is 0.538. The Bertz CT molecular complexity index is 394. The zero-order valence-corrected chi connectivity index (χ0v) is 9.49. The van der Waals surface area contributed by atoms with Gasteiger partial charge in [0.25, 0.3) is 0 Å². The molecule has 3 heteroatoms. The van der Waals surface area contributed by atoms with Crippen LogP contribution in [0.1, 0.15) is 24.8 Å². The Labute approximate surface area is 95.3 Å². The van der Waals surface area contributed by atoms with E-state index in [4.69, 9.17) is 14.2 Å². The fourth-order valence-corrected chi connectivity index (χ4v) is 2.49. The summed E-state index contributed by atoms with van der Waals surface area (Å²) in [6.07, 6.45) is 4.09. The van der Waals surface area contributed by atoms with Crippen molar-refractivity contribution in [3.8, 4) is 11.5 Å². The highest BCUT2D eigenvalue weighted by Crippen LogP contribution is 2.40. The van der Waals surface area contributed by atoms with E-state index in [1.54, 1.807) is 7.11 Å². The summed E-state index contributed by atoms with van der Waals surface area (Å²) in [6.45, 7) is 0.819. The van der Waals surface area contributed by atoms with E-state index in [0.29, 0.717) is 0 Å². The van der Waals surface area contributed by atoms with Crippen molar-refractivity contribution in [3.63, 3.8) is 0 Å². The first-order valence-corrected chi connectivity index (χ1v) is 5.81. The Balaban J connectivity index is 1.91. The SMILES string of the molecule is COc1ccc2c(c1)OC1(CCCO1)CC2. The molecule has 16 heavy (non-hydrogen) atoms. The molecular formula is C13H16O3. The van der Waals surface area contributed by atoms with Gasteiger partial charge in [0.1, 0.15) is 11.5 Å². The number of benzene rings is 1. The lowest BCUT2D eigenvalue weighted by Crippen LogP contribution is -2.38. The van der Waals surface area contributed by atoms with E-state index >= 15 is 0 Å². The molecule has 0 N–H and O–H groups in total. The van der Waals surface area contributed by atoms with Gasteiger partial charge in [-0.15, -0.1) is 0 Å². The number of aryl methyl sites for hydroxylation is 1. The molecule has 0 radical (unpaired) electrons. The second kappa shape index (κ2) is 3.67. The van der Waals surface area contributed by atoms with Crippen molar-refractivity contribution >= 4 is 0 Å². The molecule has 0 amide bonds. The summed E-state index contributed by atoms with van der Waals surface area (Å²) < 4.78 is 17.0. The highest BCUT2D eigenvalue weighted by Gasteiger charge is 2.40. The van der Waals surface area contributed by atoms with E-state index in [-0.39, 0.29) is 5.79 Å². The Morgan fingerprint density at radius 1 is 1.31 bits per heavy atom. The van der Waals surface area contributed by atoms with Crippen LogP contribution >= 0.6 is 0 Å². The van der Waals surface area contributed by atoms with E-state index in [0.717, 1.165) is 43.8 Å². The molecule has 1 fully saturated rings. The molecule has 1 spiro atoms. The predicted octanol–water partition coefficient (Wildman–Crippen LogP) is 2.53. The minimum atomic E-state index is -0.348. The molecule has 1 atom stereocenters. The van der Waals surface area contributed by atoms with Gasteiger partial charge >= 0.3 is 0 Å². The molecule has 0 saturated carbocycles. The molecule has 2 heterocycles. The zero-order chi connectivity index (χ0) is 11.0. The third-order valence-corrected chi connectivity index (χ3v) is 3.41. The van der Waals surface area contributed by atoms with Gasteiger partial charge in [0.15, 0.2) is 0 Å². The van der Waals surface area contributed by atoms with Gasteiger partial charge in [-0.2, -0.15) is 0 Å². The maximum absolute atomic E-state index is 6.02. The van der Waals surface area contributed by atoms with Crippen LogP contribution in [0.4, 0.5) is 0 Å². The highest BCUT2D eigenvalue weighted by atomic mass is 16.7. The van der Waals surface area contributed by atoms with Crippen LogP contribution in [0, 0.1) is 0 Å². The Morgan fingerprint density at radius 2 is 2.25 bits per heavy atom. The summed E-state index contributed by atoms with van der Waals surface area (Å²) in [7, 11) is 1.67. The normalized spacial score (nSPS) is 27.6. The monoisotopic (exact) mass is 220 g/mol. The minimum Gasteiger partial charge on any atom is -0.497 e. The van der Waals surface area contributed by atoms with Gasteiger partial charge in [-0.1, -0.05) is 6.07 Å². The number of rotatable bonds is 1. The Morgan fingerprint density at radius 3 is 3.00 bits per heavy atom. The van der Waals surface area contributed by atoms with Gasteiger partial charge in [-0.25, -0.2) is 0 Å². The molecule has 1 unspecified atom stereocenters. The molecule has 0 aliphatic carbocycles. The quantitative estimate of drug-likeness (QED) is 0.728. The standard InChI is InChI=1S/C13H16O3/c1-14-11-4-3-10-5-7-13(6-2-8-15-13)16-12(10)9-11/h3-4,9H,2,5-8H2,1H3. The van der Waals surface area contributed by atoms with Crippen LogP contribution in [-0.2, 0) is 11.2 Å². The lowest BCUT2D eigenvalue weighted by molar-refractivity contribution is -0.160. The van der Waals surface area contributed by atoms with Crippen molar-refractivity contribution < 1.29 is 14.2 Å². The third-order valence-electron chi connectivity index (χ3n) is 3.41. The van der Waals surface area contributed by atoms with Crippen molar-refractivity contribution in [1.29, 1.82) is 0 Å². The maximum atomic E-state index is 6.02. The zero-order valence-electron chi connectivity index (χ0n) is 9.49. The van der Waals surface area contributed by atoms with E-state index in [1.807, 2.05) is 12.1 Å². The molecule has 2 aliphatic rings. The highest BCUT2D eigenvalue weighted by molar-refractivity contribution is 5.42. The molecular weight excluding hydrogens is 204 g/mol. The van der Waals surface area contributed by atoms with E-state index < -0.39 is 0 Å². The topological polar surface area (TPSA) is 27.7 Å². The largest absolute Gasteiger partial charge is 0.497 e. The molecule has 3 rings (SSSR count). The van der Waals surface area contributed by atoms with Gasteiger partial charge < -0.3 is 14.2 Å². The first-order valence-electron chi connectivity index (χ1n) is 5.81. The van der Waals surface area contributed by atoms with Gasteiger partial charge in [-0.05, 0) is 24.5 Å². The summed E-state index contributed by atoms with van der Waals surface area (Å²) in [6, 6.07) is 6.02. The molecule has 86 valence electrons. The van der Waals surface area contributed by atoms with Crippen molar-refractivity contribution in [2.24, 2.45) is 0 Å². The molecule has 0 aromatic heterocycles. The van der Waals surface area contributed by atoms with Gasteiger partial charge in [0.05, 0.1) is 13.7 Å². The van der Waals surface area contributed by atoms with E-state index in [9.17, 15) is 0 Å². The summed E-state index contributed by atoms with van der Waals surface area (Å²) in [5.74, 6) is 1.42. The molecule has 1 saturated heterocycles. The van der Waals surface area contributed by atoms with Gasteiger partial charge in [0.2, 0.25) is 5.79 Å².